The number of carbonyl (C=O) groups excluding carboxylic acids is 3. The summed E-state index contributed by atoms with van der Waals surface area (Å²) in [6, 6.07) is 5.04. The summed E-state index contributed by atoms with van der Waals surface area (Å²) in [5.74, 6) is -1.68. The fourth-order valence-electron chi connectivity index (χ4n) is 2.82. The Kier molecular flexibility index (Phi) is 8.28. The number of carbonyl (C=O) groups is 3. The topological polar surface area (TPSA) is 146 Å². The van der Waals surface area contributed by atoms with Gasteiger partial charge in [-0.05, 0) is 29.8 Å². The van der Waals surface area contributed by atoms with E-state index in [1.807, 2.05) is 0 Å². The third-order valence-electron chi connectivity index (χ3n) is 3.92. The summed E-state index contributed by atoms with van der Waals surface area (Å²) in [5, 5.41) is 4.11. The van der Waals surface area contributed by atoms with Gasteiger partial charge in [0.2, 0.25) is 6.29 Å². The van der Waals surface area contributed by atoms with Gasteiger partial charge < -0.3 is 23.7 Å². The summed E-state index contributed by atoms with van der Waals surface area (Å²) in [6.45, 7) is 3.17. The molecule has 1 heterocycles. The van der Waals surface area contributed by atoms with Gasteiger partial charge in [0.05, 0.1) is 0 Å². The third kappa shape index (κ3) is 6.51. The minimum Gasteiger partial charge on any atom is -0.463 e. The first-order valence-corrected chi connectivity index (χ1v) is 9.18. The lowest BCUT2D eigenvalue weighted by Crippen LogP contribution is -2.61. The zero-order valence-electron chi connectivity index (χ0n) is 16.4. The van der Waals surface area contributed by atoms with E-state index in [0.717, 1.165) is 13.8 Å². The Morgan fingerprint density at radius 3 is 2.20 bits per heavy atom. The second kappa shape index (κ2) is 10.7. The van der Waals surface area contributed by atoms with E-state index >= 15 is 0 Å². The van der Waals surface area contributed by atoms with Crippen LogP contribution in [-0.4, -0.2) is 55.2 Å². The lowest BCUT2D eigenvalue weighted by molar-refractivity contribution is -0.259. The summed E-state index contributed by atoms with van der Waals surface area (Å²) in [4.78, 5) is 37.3. The predicted molar refractivity (Wildman–Crippen MR) is 101 cm³/mol. The van der Waals surface area contributed by atoms with Crippen molar-refractivity contribution in [2.45, 2.75) is 51.4 Å². The Bertz CT molecular complexity index is 827. The highest BCUT2D eigenvalue weighted by Gasteiger charge is 2.51. The van der Waals surface area contributed by atoms with E-state index < -0.39 is 48.6 Å². The molecule has 0 bridgehead atoms. The monoisotopic (exact) mass is 441 g/mol. The SMILES string of the molecule is CC(=O)OC[C@H]1O[C@H](Oc2ccc(Cl)cc2)[C@H](OC(C)=O)[C@@H](N=[N+]=[N-])[C@H]1OC(C)=O. The Balaban J connectivity index is 2.41. The highest BCUT2D eigenvalue weighted by atomic mass is 35.5. The Hall–Kier alpha value is -3.01. The predicted octanol–water partition coefficient (Wildman–Crippen LogP) is 2.55. The molecule has 0 N–H and O–H groups in total. The van der Waals surface area contributed by atoms with Crippen molar-refractivity contribution in [2.24, 2.45) is 5.11 Å². The number of esters is 3. The molecule has 1 aromatic carbocycles. The quantitative estimate of drug-likeness (QED) is 0.206. The van der Waals surface area contributed by atoms with Crippen molar-refractivity contribution in [1.29, 1.82) is 0 Å². The molecule has 0 aliphatic carbocycles. The van der Waals surface area contributed by atoms with Gasteiger partial charge in [-0.15, -0.1) is 0 Å². The van der Waals surface area contributed by atoms with Crippen molar-refractivity contribution in [1.82, 2.24) is 0 Å². The molecule has 0 unspecified atom stereocenters. The molecule has 30 heavy (non-hydrogen) atoms. The van der Waals surface area contributed by atoms with E-state index in [-0.39, 0.29) is 6.61 Å². The van der Waals surface area contributed by atoms with Crippen LogP contribution in [0.2, 0.25) is 5.02 Å². The Morgan fingerprint density at radius 1 is 1.07 bits per heavy atom. The first kappa shape index (κ1) is 23.3. The molecule has 0 aromatic heterocycles. The fraction of sp³-hybridized carbons (Fsp3) is 0.500. The van der Waals surface area contributed by atoms with Crippen molar-refractivity contribution in [2.75, 3.05) is 6.61 Å². The molecule has 2 rings (SSSR count). The largest absolute Gasteiger partial charge is 0.463 e. The number of rotatable bonds is 7. The molecular formula is C18H20ClN3O8. The number of benzene rings is 1. The van der Waals surface area contributed by atoms with Crippen LogP contribution in [0.1, 0.15) is 20.8 Å². The zero-order chi connectivity index (χ0) is 22.3. The number of ether oxygens (including phenoxy) is 5. The van der Waals surface area contributed by atoms with Gasteiger partial charge >= 0.3 is 17.9 Å². The average molecular weight is 442 g/mol. The maximum Gasteiger partial charge on any atom is 0.303 e. The third-order valence-corrected chi connectivity index (χ3v) is 4.17. The Labute approximate surface area is 176 Å². The van der Waals surface area contributed by atoms with Crippen LogP contribution in [0.5, 0.6) is 5.75 Å². The van der Waals surface area contributed by atoms with Gasteiger partial charge in [0, 0.05) is 30.7 Å². The van der Waals surface area contributed by atoms with Crippen LogP contribution < -0.4 is 4.74 Å². The molecule has 1 fully saturated rings. The van der Waals surface area contributed by atoms with Crippen molar-refractivity contribution >= 4 is 29.5 Å². The highest BCUT2D eigenvalue weighted by Crippen LogP contribution is 2.31. The minimum absolute atomic E-state index is 0.318. The molecule has 11 nitrogen and oxygen atoms in total. The van der Waals surface area contributed by atoms with Crippen molar-refractivity contribution in [3.63, 3.8) is 0 Å². The summed E-state index contributed by atoms with van der Waals surface area (Å²) in [5.41, 5.74) is 9.03. The van der Waals surface area contributed by atoms with E-state index in [1.54, 1.807) is 24.3 Å². The van der Waals surface area contributed by atoms with E-state index in [1.165, 1.54) is 6.92 Å². The number of halogens is 1. The second-order valence-corrected chi connectivity index (χ2v) is 6.70. The van der Waals surface area contributed by atoms with Gasteiger partial charge in [0.15, 0.2) is 6.10 Å². The molecule has 0 radical (unpaired) electrons. The van der Waals surface area contributed by atoms with Crippen LogP contribution in [-0.2, 0) is 33.3 Å². The van der Waals surface area contributed by atoms with Crippen LogP contribution >= 0.6 is 11.6 Å². The number of hydrogen-bond donors (Lipinski definition) is 0. The minimum atomic E-state index is -1.27. The van der Waals surface area contributed by atoms with E-state index in [9.17, 15) is 14.4 Å². The highest BCUT2D eigenvalue weighted by molar-refractivity contribution is 6.30. The summed E-state index contributed by atoms with van der Waals surface area (Å²) in [7, 11) is 0. The number of azide groups is 1. The molecule has 1 aromatic rings. The Morgan fingerprint density at radius 2 is 1.67 bits per heavy atom. The van der Waals surface area contributed by atoms with Crippen LogP contribution in [0.3, 0.4) is 0 Å². The standard InChI is InChI=1S/C18H20ClN3O8/c1-9(23)26-8-14-16(27-10(2)24)15(21-22-20)17(28-11(3)25)18(30-14)29-13-6-4-12(19)5-7-13/h4-7,14-18H,8H2,1-3H3/t14-,15+,16+,17-,18+/m1/s1. The first-order valence-electron chi connectivity index (χ1n) is 8.81. The molecule has 1 aliphatic rings. The zero-order valence-corrected chi connectivity index (χ0v) is 17.1. The van der Waals surface area contributed by atoms with Gasteiger partial charge in [-0.3, -0.25) is 14.4 Å². The molecule has 0 saturated carbocycles. The summed E-state index contributed by atoms with van der Waals surface area (Å²) < 4.78 is 27.1. The van der Waals surface area contributed by atoms with Gasteiger partial charge in [-0.1, -0.05) is 16.7 Å². The molecule has 1 aliphatic heterocycles. The molecule has 12 heteroatoms. The van der Waals surface area contributed by atoms with Crippen LogP contribution in [0.25, 0.3) is 10.4 Å². The van der Waals surface area contributed by atoms with E-state index in [2.05, 4.69) is 10.0 Å². The van der Waals surface area contributed by atoms with Gasteiger partial charge in [0.25, 0.3) is 0 Å². The van der Waals surface area contributed by atoms with Crippen LogP contribution in [0.15, 0.2) is 29.4 Å². The van der Waals surface area contributed by atoms with Crippen molar-refractivity contribution in [3.05, 3.63) is 39.7 Å². The maximum atomic E-state index is 11.7. The van der Waals surface area contributed by atoms with Gasteiger partial charge in [0.1, 0.15) is 30.6 Å². The van der Waals surface area contributed by atoms with Crippen LogP contribution in [0, 0.1) is 0 Å². The average Bonchev–Trinajstić information content (AvgIpc) is 2.66. The van der Waals surface area contributed by atoms with Gasteiger partial charge in [-0.2, -0.15) is 0 Å². The number of hydrogen-bond acceptors (Lipinski definition) is 9. The van der Waals surface area contributed by atoms with Crippen molar-refractivity contribution < 1.29 is 38.1 Å². The maximum absolute atomic E-state index is 11.7. The van der Waals surface area contributed by atoms with E-state index in [4.69, 9.17) is 40.8 Å². The number of nitrogens with zero attached hydrogens (tertiary/aromatic N) is 3. The van der Waals surface area contributed by atoms with E-state index in [0.29, 0.717) is 10.8 Å². The normalized spacial score (nSPS) is 25.4. The molecule has 0 spiro atoms. The molecule has 0 amide bonds. The van der Waals surface area contributed by atoms with Gasteiger partial charge in [-0.25, -0.2) is 0 Å². The fourth-order valence-corrected chi connectivity index (χ4v) is 2.94. The summed E-state index contributed by atoms with van der Waals surface area (Å²) >= 11 is 5.87. The molecule has 162 valence electrons. The smallest absolute Gasteiger partial charge is 0.303 e. The lowest BCUT2D eigenvalue weighted by Gasteiger charge is -2.43. The molecular weight excluding hydrogens is 422 g/mol. The summed E-state index contributed by atoms with van der Waals surface area (Å²) in [6.07, 6.45) is -4.78. The van der Waals surface area contributed by atoms with Crippen molar-refractivity contribution in [3.8, 4) is 5.75 Å². The molecule has 1 saturated heterocycles. The first-order chi connectivity index (χ1) is 14.2. The van der Waals surface area contributed by atoms with Crippen LogP contribution in [0.4, 0.5) is 0 Å². The second-order valence-electron chi connectivity index (χ2n) is 6.26. The lowest BCUT2D eigenvalue weighted by atomic mass is 9.96. The molecule has 5 atom stereocenters.